The summed E-state index contributed by atoms with van der Waals surface area (Å²) < 4.78 is 54.4. The molecule has 6 nitrogen and oxygen atoms in total. The molecule has 0 saturated carbocycles. The van der Waals surface area contributed by atoms with Gasteiger partial charge in [-0.05, 0) is 41.7 Å². The van der Waals surface area contributed by atoms with E-state index in [0.29, 0.717) is 10.6 Å². The lowest BCUT2D eigenvalue weighted by Gasteiger charge is -2.26. The van der Waals surface area contributed by atoms with Crippen molar-refractivity contribution in [2.45, 2.75) is 37.7 Å². The van der Waals surface area contributed by atoms with Crippen molar-refractivity contribution in [3.8, 4) is 11.1 Å². The molecule has 2 aromatic carbocycles. The number of hydrogen-bond donors (Lipinski definition) is 3. The van der Waals surface area contributed by atoms with Gasteiger partial charge in [-0.25, -0.2) is 4.79 Å². The number of halogens is 5. The third-order valence-corrected chi connectivity index (χ3v) is 5.17. The quantitative estimate of drug-likeness (QED) is 0.426. The Morgan fingerprint density at radius 1 is 0.970 bits per heavy atom. The molecule has 33 heavy (non-hydrogen) atoms. The lowest BCUT2D eigenvalue weighted by Crippen LogP contribution is -2.58. The summed E-state index contributed by atoms with van der Waals surface area (Å²) in [5.74, 6) is -19.2. The predicted octanol–water partition coefficient (Wildman–Crippen LogP) is 4.50. The highest BCUT2D eigenvalue weighted by Crippen LogP contribution is 2.35. The molecule has 0 heterocycles. The Hall–Kier alpha value is -3.14. The fourth-order valence-electron chi connectivity index (χ4n) is 3.06. The van der Waals surface area contributed by atoms with E-state index in [1.807, 2.05) is 6.07 Å². The molecule has 0 aliphatic heterocycles. The molecule has 0 aliphatic rings. The zero-order valence-corrected chi connectivity index (χ0v) is 18.0. The van der Waals surface area contributed by atoms with E-state index in [1.165, 1.54) is 6.92 Å². The fraction of sp³-hybridized carbons (Fsp3) is 0.318. The van der Waals surface area contributed by atoms with Gasteiger partial charge < -0.3 is 15.5 Å². The Morgan fingerprint density at radius 3 is 2.09 bits per heavy atom. The summed E-state index contributed by atoms with van der Waals surface area (Å²) in [7, 11) is 0. The van der Waals surface area contributed by atoms with Gasteiger partial charge in [0.15, 0.2) is 0 Å². The van der Waals surface area contributed by atoms with Crippen molar-refractivity contribution in [3.63, 3.8) is 0 Å². The van der Waals surface area contributed by atoms with Gasteiger partial charge in [0.1, 0.15) is 0 Å². The molecule has 1 amide bonds. The van der Waals surface area contributed by atoms with E-state index in [-0.39, 0.29) is 12.8 Å². The molecule has 0 spiro atoms. The molecule has 2 aromatic rings. The molecule has 3 N–H and O–H groups in total. The molecule has 0 saturated heterocycles. The number of carboxylic acid groups (broad SMARTS) is 2. The Labute approximate surface area is 191 Å². The lowest BCUT2D eigenvalue weighted by molar-refractivity contribution is -0.222. The van der Waals surface area contributed by atoms with E-state index < -0.39 is 41.7 Å². The number of alkyl halides is 4. The molecule has 178 valence electrons. The normalized spacial score (nSPS) is 13.8. The molecule has 11 heteroatoms. The minimum Gasteiger partial charge on any atom is -0.481 e. The smallest absolute Gasteiger partial charge is 0.413 e. The predicted molar refractivity (Wildman–Crippen MR) is 111 cm³/mol. The van der Waals surface area contributed by atoms with Crippen molar-refractivity contribution in [2.75, 3.05) is 0 Å². The van der Waals surface area contributed by atoms with Crippen LogP contribution in [0, 0.1) is 5.92 Å². The van der Waals surface area contributed by atoms with Crippen LogP contribution in [0.1, 0.15) is 18.9 Å². The minimum absolute atomic E-state index is 0.159. The summed E-state index contributed by atoms with van der Waals surface area (Å²) in [5, 5.41) is 19.7. The Balaban J connectivity index is 2.24. The van der Waals surface area contributed by atoms with E-state index in [4.69, 9.17) is 21.8 Å². The van der Waals surface area contributed by atoms with Crippen LogP contribution in [0.3, 0.4) is 0 Å². The van der Waals surface area contributed by atoms with Crippen molar-refractivity contribution in [3.05, 3.63) is 59.1 Å². The first kappa shape index (κ1) is 26.1. The maximum absolute atomic E-state index is 13.8. The lowest BCUT2D eigenvalue weighted by atomic mass is 9.94. The fourth-order valence-corrected chi connectivity index (χ4v) is 3.25. The van der Waals surface area contributed by atoms with Crippen LogP contribution in [0.15, 0.2) is 48.5 Å². The monoisotopic (exact) mass is 489 g/mol. The minimum atomic E-state index is -5.64. The van der Waals surface area contributed by atoms with E-state index in [1.54, 1.807) is 47.8 Å². The maximum Gasteiger partial charge on any atom is 0.413 e. The summed E-state index contributed by atoms with van der Waals surface area (Å²) in [4.78, 5) is 33.5. The number of carbonyl (C=O) groups is 3. The van der Waals surface area contributed by atoms with Crippen LogP contribution >= 0.6 is 11.6 Å². The highest BCUT2D eigenvalue weighted by molar-refractivity contribution is 6.30. The van der Waals surface area contributed by atoms with Gasteiger partial charge in [-0.3, -0.25) is 9.59 Å². The molecule has 0 aliphatic carbocycles. The average Bonchev–Trinajstić information content (AvgIpc) is 2.73. The zero-order valence-electron chi connectivity index (χ0n) is 17.2. The highest BCUT2D eigenvalue weighted by atomic mass is 35.5. The van der Waals surface area contributed by atoms with Crippen molar-refractivity contribution < 1.29 is 42.2 Å². The van der Waals surface area contributed by atoms with Crippen molar-refractivity contribution in [1.82, 2.24) is 5.32 Å². The standard InChI is InChI=1S/C22H20ClF4NO5/c1-12(18(29)30)9-17(28-19(31)21(24,25)22(26,27)20(32)33)10-13-5-7-14(8-6-13)15-3-2-4-16(23)11-15/h2-8,11-12,17H,9-10H2,1H3,(H,28,31)(H,29,30)(H,32,33)/t12-,17+/m1/s1. The molecular weight excluding hydrogens is 470 g/mol. The first-order valence-corrected chi connectivity index (χ1v) is 10.0. The highest BCUT2D eigenvalue weighted by Gasteiger charge is 2.67. The third kappa shape index (κ3) is 6.22. The van der Waals surface area contributed by atoms with E-state index in [0.717, 1.165) is 11.1 Å². The Morgan fingerprint density at radius 2 is 1.58 bits per heavy atom. The van der Waals surface area contributed by atoms with E-state index >= 15 is 0 Å². The van der Waals surface area contributed by atoms with Gasteiger partial charge >= 0.3 is 23.8 Å². The summed E-state index contributed by atoms with van der Waals surface area (Å²) in [5.41, 5.74) is 2.07. The van der Waals surface area contributed by atoms with Gasteiger partial charge in [0, 0.05) is 11.1 Å². The molecule has 0 unspecified atom stereocenters. The maximum atomic E-state index is 13.8. The zero-order chi connectivity index (χ0) is 25.0. The van der Waals surface area contributed by atoms with Crippen molar-refractivity contribution in [2.24, 2.45) is 5.92 Å². The van der Waals surface area contributed by atoms with Crippen LogP contribution in [0.4, 0.5) is 17.6 Å². The number of nitrogens with one attached hydrogen (secondary N) is 1. The van der Waals surface area contributed by atoms with Crippen LogP contribution in [0.5, 0.6) is 0 Å². The van der Waals surface area contributed by atoms with E-state index in [2.05, 4.69) is 0 Å². The Kier molecular flexibility index (Phi) is 8.07. The van der Waals surface area contributed by atoms with Gasteiger partial charge in [-0.2, -0.15) is 17.6 Å². The second-order valence-electron chi connectivity index (χ2n) is 7.51. The summed E-state index contributed by atoms with van der Waals surface area (Å²) in [6.45, 7) is 1.26. The number of benzene rings is 2. The second kappa shape index (κ2) is 10.2. The average molecular weight is 490 g/mol. The van der Waals surface area contributed by atoms with Gasteiger partial charge in [0.25, 0.3) is 5.91 Å². The van der Waals surface area contributed by atoms with Gasteiger partial charge in [0.2, 0.25) is 0 Å². The van der Waals surface area contributed by atoms with Crippen molar-refractivity contribution >= 4 is 29.4 Å². The summed E-state index contributed by atoms with van der Waals surface area (Å²) >= 11 is 5.97. The molecule has 0 bridgehead atoms. The summed E-state index contributed by atoms with van der Waals surface area (Å²) in [6, 6.07) is 12.3. The first-order chi connectivity index (χ1) is 15.3. The number of carbonyl (C=O) groups excluding carboxylic acids is 1. The molecule has 0 radical (unpaired) electrons. The second-order valence-corrected chi connectivity index (χ2v) is 7.95. The first-order valence-electron chi connectivity index (χ1n) is 9.63. The largest absolute Gasteiger partial charge is 0.481 e. The Bertz CT molecular complexity index is 1030. The van der Waals surface area contributed by atoms with Crippen LogP contribution in [0.25, 0.3) is 11.1 Å². The van der Waals surface area contributed by atoms with Gasteiger partial charge in [-0.1, -0.05) is 54.9 Å². The van der Waals surface area contributed by atoms with Crippen LogP contribution in [0.2, 0.25) is 5.02 Å². The van der Waals surface area contributed by atoms with Crippen LogP contribution in [-0.2, 0) is 20.8 Å². The number of rotatable bonds is 10. The SMILES string of the molecule is C[C@H](C[C@@H](Cc1ccc(-c2cccc(Cl)c2)cc1)NC(=O)C(F)(F)C(F)(F)C(=O)O)C(=O)O. The van der Waals surface area contributed by atoms with E-state index in [9.17, 15) is 31.9 Å². The van der Waals surface area contributed by atoms with Crippen LogP contribution in [-0.4, -0.2) is 45.9 Å². The summed E-state index contributed by atoms with van der Waals surface area (Å²) in [6.07, 6.45) is -0.514. The van der Waals surface area contributed by atoms with Crippen molar-refractivity contribution in [1.29, 1.82) is 0 Å². The van der Waals surface area contributed by atoms with Gasteiger partial charge in [-0.15, -0.1) is 0 Å². The molecule has 2 atom stereocenters. The molecule has 2 rings (SSSR count). The molecular formula is C22H20ClF4NO5. The number of aliphatic carboxylic acids is 2. The topological polar surface area (TPSA) is 104 Å². The van der Waals surface area contributed by atoms with Crippen LogP contribution < -0.4 is 5.32 Å². The number of amides is 1. The third-order valence-electron chi connectivity index (χ3n) is 4.94. The number of hydrogen-bond acceptors (Lipinski definition) is 3. The molecule has 0 aromatic heterocycles. The molecule has 0 fully saturated rings. The van der Waals surface area contributed by atoms with Gasteiger partial charge in [0.05, 0.1) is 5.92 Å². The number of carboxylic acids is 2.